The van der Waals surface area contributed by atoms with E-state index in [1.807, 2.05) is 0 Å². The third-order valence-corrected chi connectivity index (χ3v) is 8.09. The summed E-state index contributed by atoms with van der Waals surface area (Å²) < 4.78 is 0. The fourth-order valence-corrected chi connectivity index (χ4v) is 5.91. The summed E-state index contributed by atoms with van der Waals surface area (Å²) >= 11 is 0. The van der Waals surface area contributed by atoms with Gasteiger partial charge in [0.2, 0.25) is 0 Å². The second-order valence-corrected chi connectivity index (χ2v) is 7.17. The fraction of sp³-hybridized carbons (Fsp3) is 0.333. The van der Waals surface area contributed by atoms with Crippen LogP contribution in [-0.4, -0.2) is 10.2 Å². The molecule has 8 heavy (non-hydrogen) atoms. The largest absolute Gasteiger partial charge is 0.218 e. The highest BCUT2D eigenvalue weighted by atomic mass is 32.3. The minimum absolute atomic E-state index is 0.281. The normalized spacial score (nSPS) is 44.5. The van der Waals surface area contributed by atoms with Crippen molar-refractivity contribution in [2.24, 2.45) is 0 Å². The summed E-state index contributed by atoms with van der Waals surface area (Å²) in [6.45, 7) is 7.51. The lowest BCUT2D eigenvalue weighted by Gasteiger charge is -2.37. The molecule has 0 spiro atoms. The highest BCUT2D eigenvalue weighted by Gasteiger charge is 2.16. The number of thiol groups is 2. The van der Waals surface area contributed by atoms with Crippen LogP contribution in [0.1, 0.15) is 0 Å². The van der Waals surface area contributed by atoms with Gasteiger partial charge < -0.3 is 0 Å². The van der Waals surface area contributed by atoms with Crippen LogP contribution >= 0.6 is 21.8 Å². The Morgan fingerprint density at radius 2 is 1.38 bits per heavy atom. The average molecular weight is 148 g/mol. The van der Waals surface area contributed by atoms with E-state index in [9.17, 15) is 0 Å². The molecule has 1 saturated heterocycles. The second kappa shape index (κ2) is 2.65. The van der Waals surface area contributed by atoms with Gasteiger partial charge in [-0.2, -0.15) is 0 Å². The molecule has 0 aromatic carbocycles. The van der Waals surface area contributed by atoms with Crippen LogP contribution in [0.3, 0.4) is 0 Å². The first-order valence-electron chi connectivity index (χ1n) is 2.60. The maximum absolute atomic E-state index is 3.76. The Bertz CT molecular complexity index is 91.1. The quantitative estimate of drug-likeness (QED) is 0.551. The van der Waals surface area contributed by atoms with E-state index in [1.165, 1.54) is 10.2 Å². The molecule has 0 unspecified atom stereocenters. The fourth-order valence-electron chi connectivity index (χ4n) is 0.656. The molecule has 1 aliphatic rings. The van der Waals surface area contributed by atoms with E-state index < -0.39 is 0 Å². The standard InChI is InChI=1S/C6H12S2/c1-3-7-5-8(4-2)6-7/h3-4,7-8H,1-2,5-6H2. The van der Waals surface area contributed by atoms with E-state index in [0.29, 0.717) is 0 Å². The Morgan fingerprint density at radius 3 is 1.62 bits per heavy atom. The topological polar surface area (TPSA) is 0 Å². The van der Waals surface area contributed by atoms with Crippen molar-refractivity contribution in [2.75, 3.05) is 10.2 Å². The van der Waals surface area contributed by atoms with E-state index >= 15 is 0 Å². The summed E-state index contributed by atoms with van der Waals surface area (Å²) in [6.07, 6.45) is 0. The molecule has 0 saturated carbocycles. The SMILES string of the molecule is C=C[SH]1C[SH](C=C)C1. The molecule has 1 rings (SSSR count). The van der Waals surface area contributed by atoms with E-state index in [-0.39, 0.29) is 21.8 Å². The molecule has 0 nitrogen and oxygen atoms in total. The van der Waals surface area contributed by atoms with Crippen molar-refractivity contribution in [1.29, 1.82) is 0 Å². The zero-order chi connectivity index (χ0) is 5.98. The van der Waals surface area contributed by atoms with Crippen molar-refractivity contribution in [3.05, 3.63) is 24.0 Å². The molecule has 0 amide bonds. The van der Waals surface area contributed by atoms with Crippen LogP contribution in [0.4, 0.5) is 0 Å². The van der Waals surface area contributed by atoms with Crippen LogP contribution in [0.5, 0.6) is 0 Å². The molecule has 1 aliphatic heterocycles. The number of hydrogen-bond donors (Lipinski definition) is 2. The van der Waals surface area contributed by atoms with Crippen molar-refractivity contribution in [1.82, 2.24) is 0 Å². The van der Waals surface area contributed by atoms with Crippen LogP contribution in [0.15, 0.2) is 24.0 Å². The molecule has 48 valence electrons. The van der Waals surface area contributed by atoms with E-state index in [1.54, 1.807) is 0 Å². The molecule has 2 heteroatoms. The molecule has 0 aromatic heterocycles. The monoisotopic (exact) mass is 148 g/mol. The summed E-state index contributed by atoms with van der Waals surface area (Å²) in [5.41, 5.74) is 0. The van der Waals surface area contributed by atoms with Gasteiger partial charge in [0, 0.05) is 10.2 Å². The van der Waals surface area contributed by atoms with Gasteiger partial charge in [-0.05, 0) is 0 Å². The summed E-state index contributed by atoms with van der Waals surface area (Å²) in [5.74, 6) is 0. The van der Waals surface area contributed by atoms with Crippen molar-refractivity contribution in [2.45, 2.75) is 0 Å². The van der Waals surface area contributed by atoms with Gasteiger partial charge in [-0.15, -0.1) is 0 Å². The second-order valence-electron chi connectivity index (χ2n) is 1.83. The predicted octanol–water partition coefficient (Wildman–Crippen LogP) is 2.20. The Kier molecular flexibility index (Phi) is 2.08. The van der Waals surface area contributed by atoms with Gasteiger partial charge in [0.25, 0.3) is 0 Å². The molecular formula is C6H12S2. The minimum Gasteiger partial charge on any atom is -0.218 e. The van der Waals surface area contributed by atoms with Gasteiger partial charge in [0.15, 0.2) is 0 Å². The molecule has 0 N–H and O–H groups in total. The van der Waals surface area contributed by atoms with Crippen LogP contribution in [0.2, 0.25) is 0 Å². The number of rotatable bonds is 2. The number of hydrogen-bond acceptors (Lipinski definition) is 0. The van der Waals surface area contributed by atoms with E-state index in [0.717, 1.165) is 0 Å². The molecule has 0 radical (unpaired) electrons. The summed E-state index contributed by atoms with van der Waals surface area (Å²) in [6, 6.07) is 0. The molecule has 0 bridgehead atoms. The first-order chi connectivity index (χ1) is 3.86. The first kappa shape index (κ1) is 6.30. The van der Waals surface area contributed by atoms with Crippen molar-refractivity contribution in [3.63, 3.8) is 0 Å². The van der Waals surface area contributed by atoms with Crippen LogP contribution in [0, 0.1) is 0 Å². The third-order valence-electron chi connectivity index (χ3n) is 1.24. The van der Waals surface area contributed by atoms with Crippen molar-refractivity contribution in [3.8, 4) is 0 Å². The highest BCUT2D eigenvalue weighted by molar-refractivity contribution is 8.49. The summed E-state index contributed by atoms with van der Waals surface area (Å²) in [7, 11) is 0.561. The van der Waals surface area contributed by atoms with E-state index in [4.69, 9.17) is 0 Å². The van der Waals surface area contributed by atoms with Gasteiger partial charge in [-0.3, -0.25) is 0 Å². The first-order valence-corrected chi connectivity index (χ1v) is 6.16. The Balaban J connectivity index is 2.20. The summed E-state index contributed by atoms with van der Waals surface area (Å²) in [5, 5.41) is 7.07. The zero-order valence-corrected chi connectivity index (χ0v) is 6.67. The van der Waals surface area contributed by atoms with Crippen molar-refractivity contribution >= 4 is 21.8 Å². The predicted molar refractivity (Wildman–Crippen MR) is 48.1 cm³/mol. The average Bonchev–Trinajstić information content (AvgIpc) is 1.65. The van der Waals surface area contributed by atoms with Gasteiger partial charge in [0.1, 0.15) is 0 Å². The van der Waals surface area contributed by atoms with Gasteiger partial charge in [-0.25, -0.2) is 21.8 Å². The minimum atomic E-state index is 0.281. The molecule has 1 fully saturated rings. The third kappa shape index (κ3) is 1.12. The maximum atomic E-state index is 3.76. The van der Waals surface area contributed by atoms with Crippen LogP contribution in [-0.2, 0) is 0 Å². The van der Waals surface area contributed by atoms with Gasteiger partial charge in [-0.1, -0.05) is 24.0 Å². The van der Waals surface area contributed by atoms with Gasteiger partial charge >= 0.3 is 0 Å². The molecular weight excluding hydrogens is 136 g/mol. The van der Waals surface area contributed by atoms with Crippen molar-refractivity contribution < 1.29 is 0 Å². The van der Waals surface area contributed by atoms with Crippen LogP contribution in [0.25, 0.3) is 0 Å². The Hall–Kier alpha value is 0.180. The lowest BCUT2D eigenvalue weighted by molar-refractivity contribution is 1.93. The van der Waals surface area contributed by atoms with Crippen LogP contribution < -0.4 is 0 Å². The zero-order valence-electron chi connectivity index (χ0n) is 4.88. The Labute approximate surface area is 56.4 Å². The summed E-state index contributed by atoms with van der Waals surface area (Å²) in [4.78, 5) is 0. The molecule has 1 heterocycles. The molecule has 0 aliphatic carbocycles. The highest BCUT2D eigenvalue weighted by Crippen LogP contribution is 2.56. The molecule has 0 aromatic rings. The van der Waals surface area contributed by atoms with E-state index in [2.05, 4.69) is 24.0 Å². The lowest BCUT2D eigenvalue weighted by Crippen LogP contribution is -2.04. The maximum Gasteiger partial charge on any atom is 0.0107 e. The Morgan fingerprint density at radius 1 is 1.00 bits per heavy atom. The molecule has 0 atom stereocenters. The lowest BCUT2D eigenvalue weighted by atomic mass is 11.3. The smallest absolute Gasteiger partial charge is 0.0107 e. The van der Waals surface area contributed by atoms with Gasteiger partial charge in [0.05, 0.1) is 0 Å².